The van der Waals surface area contributed by atoms with Crippen LogP contribution in [-0.2, 0) is 12.1 Å². The minimum absolute atomic E-state index is 0.0467. The summed E-state index contributed by atoms with van der Waals surface area (Å²) in [7, 11) is 0. The molecular formula is C37H41BrN4O2. The lowest BCUT2D eigenvalue weighted by Crippen LogP contribution is -2.49. The maximum atomic E-state index is 14.4. The topological polar surface area (TPSA) is 48.1 Å². The zero-order chi connectivity index (χ0) is 30.8. The first-order valence-corrected chi connectivity index (χ1v) is 16.6. The number of carbonyl (C=O) groups excluding carboxylic acids is 1. The molecule has 0 atom stereocenters. The zero-order valence-electron chi connectivity index (χ0n) is 26.1. The highest BCUT2D eigenvalue weighted by atomic mass is 79.9. The first-order chi connectivity index (χ1) is 21.5. The van der Waals surface area contributed by atoms with E-state index in [2.05, 4.69) is 130 Å². The molecule has 0 radical (unpaired) electrons. The van der Waals surface area contributed by atoms with Gasteiger partial charge in [-0.25, -0.2) is 0 Å². The number of nitrogens with one attached hydrogen (secondary N) is 1. The van der Waals surface area contributed by atoms with Crippen LogP contribution < -0.4 is 19.9 Å². The van der Waals surface area contributed by atoms with E-state index in [1.165, 1.54) is 5.56 Å². The molecule has 0 aliphatic carbocycles. The number of hydrogen-bond acceptors (Lipinski definition) is 5. The summed E-state index contributed by atoms with van der Waals surface area (Å²) in [6.45, 7) is 14.2. The van der Waals surface area contributed by atoms with Crippen molar-refractivity contribution in [2.24, 2.45) is 0 Å². The Hall–Kier alpha value is -3.81. The van der Waals surface area contributed by atoms with E-state index in [0.29, 0.717) is 13.1 Å². The van der Waals surface area contributed by atoms with E-state index in [0.717, 1.165) is 82.3 Å². The summed E-state index contributed by atoms with van der Waals surface area (Å²) in [5, 5.41) is 3.59. The van der Waals surface area contributed by atoms with E-state index in [9.17, 15) is 4.79 Å². The van der Waals surface area contributed by atoms with Crippen LogP contribution in [-0.4, -0.2) is 50.1 Å². The Morgan fingerprint density at radius 1 is 0.750 bits per heavy atom. The molecule has 44 heavy (non-hydrogen) atoms. The average Bonchev–Trinajstić information content (AvgIpc) is 3.29. The molecule has 7 heteroatoms. The average molecular weight is 654 g/mol. The molecule has 1 spiro atoms. The van der Waals surface area contributed by atoms with Gasteiger partial charge in [-0.2, -0.15) is 0 Å². The number of nitrogens with zero attached hydrogens (tertiary/aromatic N) is 3. The molecule has 0 saturated carbocycles. The number of benzene rings is 4. The van der Waals surface area contributed by atoms with Crippen molar-refractivity contribution >= 4 is 33.2 Å². The van der Waals surface area contributed by atoms with Crippen molar-refractivity contribution in [3.63, 3.8) is 0 Å². The number of amides is 1. The first-order valence-electron chi connectivity index (χ1n) is 15.8. The fourth-order valence-corrected chi connectivity index (χ4v) is 7.19. The van der Waals surface area contributed by atoms with E-state index in [-0.39, 0.29) is 5.91 Å². The zero-order valence-corrected chi connectivity index (χ0v) is 27.7. The summed E-state index contributed by atoms with van der Waals surface area (Å²) in [5.41, 5.74) is 6.40. The molecule has 0 unspecified atom stereocenters. The quantitative estimate of drug-likeness (QED) is 0.168. The third kappa shape index (κ3) is 5.06. The fourth-order valence-electron chi connectivity index (χ4n) is 6.93. The van der Waals surface area contributed by atoms with Crippen molar-refractivity contribution in [1.29, 1.82) is 0 Å². The molecule has 0 aromatic heterocycles. The number of fused-ring (bicyclic) bond motifs is 6. The van der Waals surface area contributed by atoms with E-state index in [4.69, 9.17) is 4.74 Å². The Labute approximate surface area is 269 Å². The first kappa shape index (κ1) is 30.2. The summed E-state index contributed by atoms with van der Waals surface area (Å²) in [6, 6.07) is 29.5. The van der Waals surface area contributed by atoms with Crippen LogP contribution in [0.2, 0.25) is 0 Å². The normalized spacial score (nSPS) is 14.2. The van der Waals surface area contributed by atoms with Gasteiger partial charge in [0.25, 0.3) is 5.91 Å². The molecule has 1 N–H and O–H groups in total. The lowest BCUT2D eigenvalue weighted by atomic mass is 9.74. The Kier molecular flexibility index (Phi) is 8.70. The van der Waals surface area contributed by atoms with Gasteiger partial charge in [-0.3, -0.25) is 4.79 Å². The van der Waals surface area contributed by atoms with Crippen molar-refractivity contribution in [3.05, 3.63) is 117 Å². The Morgan fingerprint density at radius 2 is 1.32 bits per heavy atom. The highest BCUT2D eigenvalue weighted by molar-refractivity contribution is 9.10. The monoisotopic (exact) mass is 652 g/mol. The van der Waals surface area contributed by atoms with Gasteiger partial charge in [0, 0.05) is 90.5 Å². The van der Waals surface area contributed by atoms with Gasteiger partial charge in [0.05, 0.1) is 0 Å². The van der Waals surface area contributed by atoms with E-state index < -0.39 is 5.54 Å². The van der Waals surface area contributed by atoms with E-state index >= 15 is 0 Å². The van der Waals surface area contributed by atoms with Crippen molar-refractivity contribution in [3.8, 4) is 11.5 Å². The summed E-state index contributed by atoms with van der Waals surface area (Å²) in [4.78, 5) is 21.1. The van der Waals surface area contributed by atoms with Crippen molar-refractivity contribution in [2.75, 3.05) is 49.1 Å². The second-order valence-corrected chi connectivity index (χ2v) is 12.2. The maximum Gasteiger partial charge on any atom is 0.255 e. The second-order valence-electron chi connectivity index (χ2n) is 11.3. The minimum Gasteiger partial charge on any atom is -0.456 e. The van der Waals surface area contributed by atoms with Crippen LogP contribution in [0, 0.1) is 0 Å². The van der Waals surface area contributed by atoms with Crippen LogP contribution in [0.15, 0.2) is 89.4 Å². The molecule has 1 amide bonds. The maximum absolute atomic E-state index is 14.4. The highest BCUT2D eigenvalue weighted by Crippen LogP contribution is 2.58. The number of hydrogen-bond donors (Lipinski definition) is 1. The van der Waals surface area contributed by atoms with Gasteiger partial charge in [-0.05, 0) is 69.2 Å². The highest BCUT2D eigenvalue weighted by Gasteiger charge is 2.56. The minimum atomic E-state index is -0.806. The van der Waals surface area contributed by atoms with Gasteiger partial charge in [0.1, 0.15) is 17.0 Å². The number of halogens is 1. The molecule has 6 rings (SSSR count). The molecule has 4 aromatic rings. The number of carbonyl (C=O) groups is 1. The summed E-state index contributed by atoms with van der Waals surface area (Å²) in [6.07, 6.45) is 0. The SMILES string of the molecule is CCN(CC)c1ccc2c(c1)Oc1cc(N(CC)CC)ccc1C21c2ccccc2C(=O)N1CCNCc1ccc(Br)cc1. The van der Waals surface area contributed by atoms with Gasteiger partial charge in [-0.1, -0.05) is 58.4 Å². The lowest BCUT2D eigenvalue weighted by Gasteiger charge is -2.45. The summed E-state index contributed by atoms with van der Waals surface area (Å²) >= 11 is 3.52. The molecule has 2 aliphatic heterocycles. The van der Waals surface area contributed by atoms with Crippen LogP contribution in [0.3, 0.4) is 0 Å². The molecule has 0 bridgehead atoms. The predicted molar refractivity (Wildman–Crippen MR) is 183 cm³/mol. The third-order valence-electron chi connectivity index (χ3n) is 9.14. The lowest BCUT2D eigenvalue weighted by molar-refractivity contribution is 0.0667. The predicted octanol–water partition coefficient (Wildman–Crippen LogP) is 7.78. The van der Waals surface area contributed by atoms with Crippen molar-refractivity contribution < 1.29 is 9.53 Å². The summed E-state index contributed by atoms with van der Waals surface area (Å²) < 4.78 is 7.87. The molecule has 2 heterocycles. The van der Waals surface area contributed by atoms with Gasteiger partial charge >= 0.3 is 0 Å². The van der Waals surface area contributed by atoms with E-state index in [1.54, 1.807) is 0 Å². The third-order valence-corrected chi connectivity index (χ3v) is 9.67. The summed E-state index contributed by atoms with van der Waals surface area (Å²) in [5.74, 6) is 1.65. The molecule has 6 nitrogen and oxygen atoms in total. The Morgan fingerprint density at radius 3 is 1.89 bits per heavy atom. The van der Waals surface area contributed by atoms with Crippen LogP contribution in [0.1, 0.15) is 60.3 Å². The molecule has 228 valence electrons. The molecule has 4 aromatic carbocycles. The standard InChI is InChI=1S/C37H41BrN4O2/c1-5-40(6-2)28-17-19-32-34(23-28)44-35-24-29(41(7-3)8-4)18-20-33(35)37(32)31-12-10-9-11-30(31)36(43)42(37)22-21-39-25-26-13-15-27(38)16-14-26/h9-20,23-24,39H,5-8,21-22,25H2,1-4H3. The van der Waals surface area contributed by atoms with Gasteiger partial charge in [0.15, 0.2) is 0 Å². The molecule has 0 saturated heterocycles. The van der Waals surface area contributed by atoms with Gasteiger partial charge < -0.3 is 24.8 Å². The Bertz CT molecular complexity index is 1580. The fraction of sp³-hybridized carbons (Fsp3) is 0.324. The molecule has 2 aliphatic rings. The largest absolute Gasteiger partial charge is 0.456 e. The van der Waals surface area contributed by atoms with Gasteiger partial charge in [0.2, 0.25) is 0 Å². The van der Waals surface area contributed by atoms with Crippen LogP contribution in [0.25, 0.3) is 0 Å². The van der Waals surface area contributed by atoms with Crippen LogP contribution in [0.4, 0.5) is 11.4 Å². The Balaban J connectivity index is 1.48. The smallest absolute Gasteiger partial charge is 0.255 e. The molecular weight excluding hydrogens is 612 g/mol. The second kappa shape index (κ2) is 12.7. The number of anilines is 2. The van der Waals surface area contributed by atoms with Gasteiger partial charge in [-0.15, -0.1) is 0 Å². The van der Waals surface area contributed by atoms with Crippen LogP contribution >= 0.6 is 15.9 Å². The number of rotatable bonds is 11. The van der Waals surface area contributed by atoms with Crippen LogP contribution in [0.5, 0.6) is 11.5 Å². The van der Waals surface area contributed by atoms with Crippen molar-refractivity contribution in [1.82, 2.24) is 10.2 Å². The van der Waals surface area contributed by atoms with Crippen molar-refractivity contribution in [2.45, 2.75) is 39.8 Å². The molecule has 0 fully saturated rings. The number of ether oxygens (including phenoxy) is 1. The van der Waals surface area contributed by atoms with E-state index in [1.807, 2.05) is 18.2 Å².